The number of rotatable bonds is 3. The van der Waals surface area contributed by atoms with Crippen LogP contribution in [0.1, 0.15) is 43.5 Å². The van der Waals surface area contributed by atoms with Crippen LogP contribution in [-0.2, 0) is 15.0 Å². The maximum Gasteiger partial charge on any atom is 0.301 e. The van der Waals surface area contributed by atoms with Gasteiger partial charge in [0.15, 0.2) is 16.6 Å². The van der Waals surface area contributed by atoms with Crippen molar-refractivity contribution in [3.05, 3.63) is 89.0 Å². The van der Waals surface area contributed by atoms with E-state index in [2.05, 4.69) is 25.8 Å². The molecule has 0 radical (unpaired) electrons. The Labute approximate surface area is 224 Å². The predicted octanol–water partition coefficient (Wildman–Crippen LogP) is 5.99. The Morgan fingerprint density at radius 2 is 1.68 bits per heavy atom. The van der Waals surface area contributed by atoms with Crippen LogP contribution in [0.4, 0.5) is 5.13 Å². The van der Waals surface area contributed by atoms with Crippen molar-refractivity contribution in [2.24, 2.45) is 0 Å². The highest BCUT2D eigenvalue weighted by atomic mass is 32.1. The van der Waals surface area contributed by atoms with Gasteiger partial charge in [-0.3, -0.25) is 14.5 Å². The molecule has 6 rings (SSSR count). The molecule has 8 heteroatoms. The standard InChI is InChI=1S/C30H26N2O5S/c1-30(2,3)19-11-8-17(9-12-19)25-24(26(33)18-10-13-21-22(16-18)37-15-14-36-21)27(34)28(35)32(25)29-31-20-6-4-5-7-23(20)38-29/h4-13,16,25,33H,14-15H2,1-3H3/b26-24+. The monoisotopic (exact) mass is 526 g/mol. The highest BCUT2D eigenvalue weighted by molar-refractivity contribution is 7.22. The molecular weight excluding hydrogens is 500 g/mol. The first-order chi connectivity index (χ1) is 18.2. The summed E-state index contributed by atoms with van der Waals surface area (Å²) in [6.07, 6.45) is 0. The minimum absolute atomic E-state index is 0.00874. The van der Waals surface area contributed by atoms with Gasteiger partial charge in [0.25, 0.3) is 5.78 Å². The van der Waals surface area contributed by atoms with Crippen LogP contribution in [0.25, 0.3) is 16.0 Å². The highest BCUT2D eigenvalue weighted by Crippen LogP contribution is 2.45. The Morgan fingerprint density at radius 3 is 2.39 bits per heavy atom. The molecule has 0 bridgehead atoms. The first-order valence-corrected chi connectivity index (χ1v) is 13.2. The third-order valence-corrected chi connectivity index (χ3v) is 7.88. The molecule has 3 heterocycles. The Bertz CT molecular complexity index is 1580. The number of nitrogens with zero attached hydrogens (tertiary/aromatic N) is 2. The summed E-state index contributed by atoms with van der Waals surface area (Å²) in [6, 6.07) is 19.5. The third-order valence-electron chi connectivity index (χ3n) is 6.84. The molecule has 0 aliphatic carbocycles. The van der Waals surface area contributed by atoms with Gasteiger partial charge in [0, 0.05) is 5.56 Å². The average molecular weight is 527 g/mol. The number of Topliss-reactive ketones (excluding diaryl/α,β-unsaturated/α-hetero) is 1. The summed E-state index contributed by atoms with van der Waals surface area (Å²) in [6.45, 7) is 7.20. The van der Waals surface area contributed by atoms with Crippen LogP contribution in [-0.4, -0.2) is 35.0 Å². The molecule has 1 fully saturated rings. The van der Waals surface area contributed by atoms with Crippen molar-refractivity contribution in [1.29, 1.82) is 0 Å². The molecule has 2 aliphatic heterocycles. The molecule has 38 heavy (non-hydrogen) atoms. The van der Waals surface area contributed by atoms with Crippen molar-refractivity contribution < 1.29 is 24.2 Å². The summed E-state index contributed by atoms with van der Waals surface area (Å²) in [5.41, 5.74) is 2.87. The molecule has 0 spiro atoms. The van der Waals surface area contributed by atoms with Crippen molar-refractivity contribution >= 4 is 44.1 Å². The number of carbonyl (C=O) groups excluding carboxylic acids is 2. The molecule has 0 saturated carbocycles. The summed E-state index contributed by atoms with van der Waals surface area (Å²) >= 11 is 1.34. The number of aliphatic hydroxyl groups excluding tert-OH is 1. The van der Waals surface area contributed by atoms with E-state index in [0.717, 1.165) is 15.8 Å². The van der Waals surface area contributed by atoms with E-state index >= 15 is 0 Å². The fourth-order valence-electron chi connectivity index (χ4n) is 4.82. The SMILES string of the molecule is CC(C)(C)c1ccc(C2/C(=C(\O)c3ccc4c(c3)OCCO4)C(=O)C(=O)N2c2nc3ccccc3s2)cc1. The first kappa shape index (κ1) is 24.2. The van der Waals surface area contributed by atoms with E-state index in [1.807, 2.05) is 48.5 Å². The zero-order valence-corrected chi connectivity index (χ0v) is 22.0. The number of fused-ring (bicyclic) bond motifs is 2. The van der Waals surface area contributed by atoms with Gasteiger partial charge in [-0.2, -0.15) is 0 Å². The number of thiazole rings is 1. The molecule has 1 amide bonds. The molecule has 4 aromatic rings. The Kier molecular flexibility index (Phi) is 5.72. The van der Waals surface area contributed by atoms with Crippen LogP contribution in [0.5, 0.6) is 11.5 Å². The number of hydrogen-bond donors (Lipinski definition) is 1. The van der Waals surface area contributed by atoms with Crippen LogP contribution >= 0.6 is 11.3 Å². The van der Waals surface area contributed by atoms with E-state index in [4.69, 9.17) is 9.47 Å². The molecule has 1 saturated heterocycles. The van der Waals surface area contributed by atoms with E-state index in [1.54, 1.807) is 18.2 Å². The van der Waals surface area contributed by atoms with Crippen LogP contribution in [0.15, 0.2) is 72.3 Å². The molecule has 2 aliphatic rings. The predicted molar refractivity (Wildman–Crippen MR) is 147 cm³/mol. The highest BCUT2D eigenvalue weighted by Gasteiger charge is 2.48. The zero-order chi connectivity index (χ0) is 26.6. The van der Waals surface area contributed by atoms with Gasteiger partial charge in [0.2, 0.25) is 0 Å². The Balaban J connectivity index is 1.53. The number of anilines is 1. The fraction of sp³-hybridized carbons (Fsp3) is 0.233. The third kappa shape index (κ3) is 4.01. The second-order valence-electron chi connectivity index (χ2n) is 10.4. The maximum atomic E-state index is 13.5. The number of aromatic nitrogens is 1. The summed E-state index contributed by atoms with van der Waals surface area (Å²) in [7, 11) is 0. The quantitative estimate of drug-likeness (QED) is 0.200. The fourth-order valence-corrected chi connectivity index (χ4v) is 5.81. The summed E-state index contributed by atoms with van der Waals surface area (Å²) in [5, 5.41) is 11.9. The molecule has 7 nitrogen and oxygen atoms in total. The number of aliphatic hydroxyl groups is 1. The van der Waals surface area contributed by atoms with E-state index in [0.29, 0.717) is 41.0 Å². The summed E-state index contributed by atoms with van der Waals surface area (Å²) in [5.74, 6) is -0.716. The lowest BCUT2D eigenvalue weighted by atomic mass is 9.85. The molecule has 1 unspecified atom stereocenters. The maximum absolute atomic E-state index is 13.5. The van der Waals surface area contributed by atoms with Crippen molar-refractivity contribution in [1.82, 2.24) is 4.98 Å². The van der Waals surface area contributed by atoms with Gasteiger partial charge in [-0.15, -0.1) is 0 Å². The van der Waals surface area contributed by atoms with Crippen molar-refractivity contribution in [2.75, 3.05) is 18.1 Å². The van der Waals surface area contributed by atoms with E-state index in [-0.39, 0.29) is 16.7 Å². The number of carbonyl (C=O) groups is 2. The molecular formula is C30H26N2O5S. The van der Waals surface area contributed by atoms with Crippen molar-refractivity contribution in [3.8, 4) is 11.5 Å². The number of ether oxygens (including phenoxy) is 2. The van der Waals surface area contributed by atoms with E-state index in [1.165, 1.54) is 16.2 Å². The normalized spacial score (nSPS) is 18.8. The summed E-state index contributed by atoms with van der Waals surface area (Å²) in [4.78, 5) is 33.1. The lowest BCUT2D eigenvalue weighted by Crippen LogP contribution is -2.29. The number of benzene rings is 3. The number of hydrogen-bond acceptors (Lipinski definition) is 7. The van der Waals surface area contributed by atoms with E-state index < -0.39 is 17.7 Å². The molecule has 1 aromatic heterocycles. The van der Waals surface area contributed by atoms with Crippen LogP contribution in [0.2, 0.25) is 0 Å². The lowest BCUT2D eigenvalue weighted by Gasteiger charge is -2.25. The van der Waals surface area contributed by atoms with Gasteiger partial charge in [-0.25, -0.2) is 4.98 Å². The van der Waals surface area contributed by atoms with Crippen LogP contribution in [0, 0.1) is 0 Å². The second-order valence-corrected chi connectivity index (χ2v) is 11.4. The second kappa shape index (κ2) is 8.99. The van der Waals surface area contributed by atoms with Gasteiger partial charge in [0.05, 0.1) is 21.8 Å². The van der Waals surface area contributed by atoms with Crippen molar-refractivity contribution in [3.63, 3.8) is 0 Å². The Hall–Kier alpha value is -4.17. The minimum Gasteiger partial charge on any atom is -0.507 e. The largest absolute Gasteiger partial charge is 0.507 e. The number of ketones is 1. The van der Waals surface area contributed by atoms with Gasteiger partial charge in [0.1, 0.15) is 19.0 Å². The van der Waals surface area contributed by atoms with E-state index in [9.17, 15) is 14.7 Å². The van der Waals surface area contributed by atoms with Gasteiger partial charge in [-0.05, 0) is 46.9 Å². The molecule has 1 atom stereocenters. The van der Waals surface area contributed by atoms with Gasteiger partial charge in [-0.1, -0.05) is 68.5 Å². The molecule has 192 valence electrons. The first-order valence-electron chi connectivity index (χ1n) is 12.4. The smallest absolute Gasteiger partial charge is 0.301 e. The van der Waals surface area contributed by atoms with Gasteiger partial charge >= 0.3 is 5.91 Å². The number of amides is 1. The lowest BCUT2D eigenvalue weighted by molar-refractivity contribution is -0.132. The van der Waals surface area contributed by atoms with Crippen LogP contribution in [0.3, 0.4) is 0 Å². The number of para-hydroxylation sites is 1. The van der Waals surface area contributed by atoms with Gasteiger partial charge < -0.3 is 14.6 Å². The van der Waals surface area contributed by atoms with Crippen LogP contribution < -0.4 is 14.4 Å². The topological polar surface area (TPSA) is 89.0 Å². The van der Waals surface area contributed by atoms with Crippen molar-refractivity contribution in [2.45, 2.75) is 32.2 Å². The summed E-state index contributed by atoms with van der Waals surface area (Å²) < 4.78 is 12.2. The molecule has 3 aromatic carbocycles. The average Bonchev–Trinajstić information content (AvgIpc) is 3.46. The Morgan fingerprint density at radius 1 is 0.974 bits per heavy atom. The zero-order valence-electron chi connectivity index (χ0n) is 21.2. The minimum atomic E-state index is -0.849. The molecule has 1 N–H and O–H groups in total.